The van der Waals surface area contributed by atoms with Crippen molar-refractivity contribution in [1.82, 2.24) is 0 Å². The first-order chi connectivity index (χ1) is 11.8. The Balaban J connectivity index is 2.12. The molecule has 4 nitrogen and oxygen atoms in total. The lowest BCUT2D eigenvalue weighted by Gasteiger charge is -2.24. The Bertz CT molecular complexity index is 757. The molecule has 4 heteroatoms. The predicted molar refractivity (Wildman–Crippen MR) is 103 cm³/mol. The van der Waals surface area contributed by atoms with Gasteiger partial charge in [-0.1, -0.05) is 37.3 Å². The molecule has 0 aliphatic heterocycles. The number of hydrogen-bond acceptors (Lipinski definition) is 2. The number of hydrogen-bond donors (Lipinski definition) is 2. The van der Waals surface area contributed by atoms with Crippen LogP contribution in [0.3, 0.4) is 0 Å². The standard InChI is InChI=1S/C21H26N2O2/c1-6-16-10-12-17(13-11-16)22-19(24)21(4,5)20(25)23-18-14(2)8-7-9-15(18)3/h7-13H,6H2,1-5H3,(H,22,24)(H,23,25). The molecular weight excluding hydrogens is 312 g/mol. The van der Waals surface area contributed by atoms with Crippen molar-refractivity contribution in [1.29, 1.82) is 0 Å². The fraction of sp³-hybridized carbons (Fsp3) is 0.333. The van der Waals surface area contributed by atoms with Gasteiger partial charge in [-0.25, -0.2) is 0 Å². The van der Waals surface area contributed by atoms with Crippen LogP contribution in [0.15, 0.2) is 42.5 Å². The van der Waals surface area contributed by atoms with E-state index in [2.05, 4.69) is 17.6 Å². The largest absolute Gasteiger partial charge is 0.325 e. The van der Waals surface area contributed by atoms with E-state index in [9.17, 15) is 9.59 Å². The SMILES string of the molecule is CCc1ccc(NC(=O)C(C)(C)C(=O)Nc2c(C)cccc2C)cc1. The lowest BCUT2D eigenvalue weighted by atomic mass is 9.90. The molecule has 0 bridgehead atoms. The van der Waals surface area contributed by atoms with Crippen molar-refractivity contribution in [3.05, 3.63) is 59.2 Å². The molecule has 2 N–H and O–H groups in total. The zero-order chi connectivity index (χ0) is 18.6. The fourth-order valence-electron chi connectivity index (χ4n) is 2.50. The number of para-hydroxylation sites is 1. The average molecular weight is 338 g/mol. The van der Waals surface area contributed by atoms with Crippen LogP contribution in [0, 0.1) is 19.3 Å². The topological polar surface area (TPSA) is 58.2 Å². The van der Waals surface area contributed by atoms with Crippen LogP contribution in [0.5, 0.6) is 0 Å². The molecular formula is C21H26N2O2. The molecule has 0 aliphatic carbocycles. The summed E-state index contributed by atoms with van der Waals surface area (Å²) in [6.45, 7) is 9.21. The van der Waals surface area contributed by atoms with Gasteiger partial charge in [-0.05, 0) is 62.9 Å². The third-order valence-corrected chi connectivity index (χ3v) is 4.48. The van der Waals surface area contributed by atoms with Crippen molar-refractivity contribution in [2.45, 2.75) is 41.0 Å². The summed E-state index contributed by atoms with van der Waals surface area (Å²) in [7, 11) is 0. The predicted octanol–water partition coefficient (Wildman–Crippen LogP) is 4.47. The number of nitrogens with one attached hydrogen (secondary N) is 2. The Morgan fingerprint density at radius 3 is 1.92 bits per heavy atom. The normalized spacial score (nSPS) is 11.1. The van der Waals surface area contributed by atoms with Crippen molar-refractivity contribution < 1.29 is 9.59 Å². The van der Waals surface area contributed by atoms with Gasteiger partial charge in [-0.3, -0.25) is 9.59 Å². The summed E-state index contributed by atoms with van der Waals surface area (Å²) < 4.78 is 0. The van der Waals surface area contributed by atoms with Crippen molar-refractivity contribution in [2.24, 2.45) is 5.41 Å². The molecule has 0 radical (unpaired) electrons. The molecule has 0 aromatic heterocycles. The highest BCUT2D eigenvalue weighted by Crippen LogP contribution is 2.25. The van der Waals surface area contributed by atoms with Crippen molar-refractivity contribution in [3.63, 3.8) is 0 Å². The van der Waals surface area contributed by atoms with E-state index < -0.39 is 5.41 Å². The summed E-state index contributed by atoms with van der Waals surface area (Å²) in [5.41, 5.74) is 3.40. The summed E-state index contributed by atoms with van der Waals surface area (Å²) in [4.78, 5) is 25.3. The molecule has 2 amide bonds. The molecule has 0 fully saturated rings. The second kappa shape index (κ2) is 7.51. The number of carbonyl (C=O) groups excluding carboxylic acids is 2. The highest BCUT2D eigenvalue weighted by molar-refractivity contribution is 6.14. The van der Waals surface area contributed by atoms with Gasteiger partial charge in [0.25, 0.3) is 0 Å². The van der Waals surface area contributed by atoms with Crippen molar-refractivity contribution >= 4 is 23.2 Å². The zero-order valence-corrected chi connectivity index (χ0v) is 15.6. The second-order valence-electron chi connectivity index (χ2n) is 6.85. The van der Waals surface area contributed by atoms with E-state index >= 15 is 0 Å². The van der Waals surface area contributed by atoms with Crippen LogP contribution >= 0.6 is 0 Å². The monoisotopic (exact) mass is 338 g/mol. The Morgan fingerprint density at radius 2 is 1.40 bits per heavy atom. The van der Waals surface area contributed by atoms with E-state index in [1.807, 2.05) is 56.3 Å². The number of rotatable bonds is 5. The lowest BCUT2D eigenvalue weighted by Crippen LogP contribution is -2.41. The van der Waals surface area contributed by atoms with Gasteiger partial charge in [0.1, 0.15) is 5.41 Å². The molecule has 2 rings (SSSR count). The van der Waals surface area contributed by atoms with Gasteiger partial charge in [0.15, 0.2) is 0 Å². The number of carbonyl (C=O) groups is 2. The number of anilines is 2. The molecule has 0 spiro atoms. The Labute approximate surface area is 149 Å². The van der Waals surface area contributed by atoms with Crippen molar-refractivity contribution in [3.8, 4) is 0 Å². The highest BCUT2D eigenvalue weighted by Gasteiger charge is 2.36. The maximum Gasteiger partial charge on any atom is 0.239 e. The first-order valence-corrected chi connectivity index (χ1v) is 8.53. The first-order valence-electron chi connectivity index (χ1n) is 8.53. The molecule has 2 aromatic carbocycles. The number of aryl methyl sites for hydroxylation is 3. The highest BCUT2D eigenvalue weighted by atomic mass is 16.2. The molecule has 0 atom stereocenters. The maximum absolute atomic E-state index is 12.7. The van der Waals surface area contributed by atoms with E-state index in [0.717, 1.165) is 23.2 Å². The smallest absolute Gasteiger partial charge is 0.239 e. The minimum Gasteiger partial charge on any atom is -0.325 e. The van der Waals surface area contributed by atoms with Crippen LogP contribution in [0.2, 0.25) is 0 Å². The molecule has 0 aliphatic rings. The van der Waals surface area contributed by atoms with E-state index in [4.69, 9.17) is 0 Å². The molecule has 0 saturated carbocycles. The second-order valence-corrected chi connectivity index (χ2v) is 6.85. The molecule has 0 heterocycles. The van der Waals surface area contributed by atoms with Gasteiger partial charge in [0, 0.05) is 11.4 Å². The van der Waals surface area contributed by atoms with Crippen LogP contribution in [0.4, 0.5) is 11.4 Å². The van der Waals surface area contributed by atoms with E-state index in [-0.39, 0.29) is 11.8 Å². The van der Waals surface area contributed by atoms with Gasteiger partial charge < -0.3 is 10.6 Å². The maximum atomic E-state index is 12.7. The third kappa shape index (κ3) is 4.27. The Hall–Kier alpha value is -2.62. The van der Waals surface area contributed by atoms with Gasteiger partial charge in [0.2, 0.25) is 11.8 Å². The minimum atomic E-state index is -1.20. The van der Waals surface area contributed by atoms with Gasteiger partial charge in [-0.15, -0.1) is 0 Å². The molecule has 0 unspecified atom stereocenters. The van der Waals surface area contributed by atoms with E-state index in [1.54, 1.807) is 13.8 Å². The van der Waals surface area contributed by atoms with Crippen molar-refractivity contribution in [2.75, 3.05) is 10.6 Å². The van der Waals surface area contributed by atoms with E-state index in [0.29, 0.717) is 5.69 Å². The summed E-state index contributed by atoms with van der Waals surface area (Å²) >= 11 is 0. The molecule has 132 valence electrons. The van der Waals surface area contributed by atoms with Crippen LogP contribution in [0.1, 0.15) is 37.5 Å². The first kappa shape index (κ1) is 18.7. The average Bonchev–Trinajstić information content (AvgIpc) is 2.58. The van der Waals surface area contributed by atoms with Gasteiger partial charge in [0.05, 0.1) is 0 Å². The number of benzene rings is 2. The van der Waals surface area contributed by atoms with E-state index in [1.165, 1.54) is 5.56 Å². The van der Waals surface area contributed by atoms with Crippen LogP contribution in [-0.4, -0.2) is 11.8 Å². The Kier molecular flexibility index (Phi) is 5.62. The summed E-state index contributed by atoms with van der Waals surface area (Å²) in [6.07, 6.45) is 0.942. The van der Waals surface area contributed by atoms with Crippen LogP contribution in [-0.2, 0) is 16.0 Å². The summed E-state index contributed by atoms with van der Waals surface area (Å²) in [5, 5.41) is 5.73. The summed E-state index contributed by atoms with van der Waals surface area (Å²) in [6, 6.07) is 13.5. The van der Waals surface area contributed by atoms with Gasteiger partial charge >= 0.3 is 0 Å². The molecule has 0 saturated heterocycles. The summed E-state index contributed by atoms with van der Waals surface area (Å²) in [5.74, 6) is -0.659. The Morgan fingerprint density at radius 1 is 0.880 bits per heavy atom. The van der Waals surface area contributed by atoms with Crippen LogP contribution < -0.4 is 10.6 Å². The molecule has 25 heavy (non-hydrogen) atoms. The minimum absolute atomic E-state index is 0.326. The fourth-order valence-corrected chi connectivity index (χ4v) is 2.50. The van der Waals surface area contributed by atoms with Gasteiger partial charge in [-0.2, -0.15) is 0 Å². The number of amides is 2. The molecule has 2 aromatic rings. The quantitative estimate of drug-likeness (QED) is 0.790. The third-order valence-electron chi connectivity index (χ3n) is 4.48. The lowest BCUT2D eigenvalue weighted by molar-refractivity contribution is -0.135. The van der Waals surface area contributed by atoms with Crippen LogP contribution in [0.25, 0.3) is 0 Å². The zero-order valence-electron chi connectivity index (χ0n) is 15.6.